The lowest BCUT2D eigenvalue weighted by atomic mass is 10.1. The Morgan fingerprint density at radius 2 is 1.96 bits per heavy atom. The van der Waals surface area contributed by atoms with Crippen molar-refractivity contribution in [2.24, 2.45) is 5.92 Å². The van der Waals surface area contributed by atoms with Crippen molar-refractivity contribution in [3.05, 3.63) is 23.2 Å². The highest BCUT2D eigenvalue weighted by Crippen LogP contribution is 2.28. The van der Waals surface area contributed by atoms with Crippen molar-refractivity contribution < 1.29 is 27.8 Å². The first-order chi connectivity index (χ1) is 11.1. The van der Waals surface area contributed by atoms with Gasteiger partial charge in [0.1, 0.15) is 22.8 Å². The molecule has 0 saturated carbocycles. The average Bonchev–Trinajstić information content (AvgIpc) is 2.46. The van der Waals surface area contributed by atoms with Gasteiger partial charge in [-0.15, -0.1) is 0 Å². The summed E-state index contributed by atoms with van der Waals surface area (Å²) in [6.45, 7) is 5.20. The van der Waals surface area contributed by atoms with Crippen LogP contribution in [0.5, 0.6) is 5.75 Å². The maximum Gasteiger partial charge on any atom is 0.322 e. The number of carbonyl (C=O) groups is 1. The Morgan fingerprint density at radius 1 is 1.33 bits per heavy atom. The minimum Gasteiger partial charge on any atom is -0.487 e. The standard InChI is InChI=1S/C15H22ClNO6S/c1-9(2)14(15(18)19)17-24(20,21)13-7-11(16)5-6-12(13)23-10(3)8-22-4/h5-7,9-10,14,17H,8H2,1-4H3,(H,18,19)/t10?,14-/m1/s1. The van der Waals surface area contributed by atoms with Crippen LogP contribution in [0.2, 0.25) is 5.02 Å². The lowest BCUT2D eigenvalue weighted by Crippen LogP contribution is -2.44. The molecule has 1 aromatic rings. The summed E-state index contributed by atoms with van der Waals surface area (Å²) >= 11 is 5.89. The van der Waals surface area contributed by atoms with E-state index in [1.165, 1.54) is 25.3 Å². The van der Waals surface area contributed by atoms with Gasteiger partial charge in [0.15, 0.2) is 0 Å². The molecule has 0 fully saturated rings. The number of ether oxygens (including phenoxy) is 2. The molecular weight excluding hydrogens is 358 g/mol. The first kappa shape index (κ1) is 20.7. The van der Waals surface area contributed by atoms with Crippen LogP contribution in [0, 0.1) is 5.92 Å². The quantitative estimate of drug-likeness (QED) is 0.681. The number of hydrogen-bond acceptors (Lipinski definition) is 5. The molecule has 0 aromatic heterocycles. The fourth-order valence-corrected chi connectivity index (χ4v) is 3.71. The number of nitrogens with one attached hydrogen (secondary N) is 1. The fourth-order valence-electron chi connectivity index (χ4n) is 1.98. The van der Waals surface area contributed by atoms with Crippen molar-refractivity contribution in [3.63, 3.8) is 0 Å². The molecule has 2 N–H and O–H groups in total. The van der Waals surface area contributed by atoms with Gasteiger partial charge in [0.2, 0.25) is 10.0 Å². The van der Waals surface area contributed by atoms with E-state index in [1.807, 2.05) is 0 Å². The van der Waals surface area contributed by atoms with Crippen LogP contribution in [0.25, 0.3) is 0 Å². The molecule has 2 atom stereocenters. The van der Waals surface area contributed by atoms with E-state index >= 15 is 0 Å². The van der Waals surface area contributed by atoms with E-state index in [9.17, 15) is 18.3 Å². The molecule has 1 unspecified atom stereocenters. The predicted octanol–water partition coefficient (Wildman–Crippen LogP) is 2.14. The van der Waals surface area contributed by atoms with Crippen LogP contribution in [0.1, 0.15) is 20.8 Å². The second-order valence-corrected chi connectivity index (χ2v) is 7.77. The van der Waals surface area contributed by atoms with Gasteiger partial charge >= 0.3 is 5.97 Å². The van der Waals surface area contributed by atoms with E-state index in [2.05, 4.69) is 4.72 Å². The summed E-state index contributed by atoms with van der Waals surface area (Å²) in [5.74, 6) is -1.62. The molecule has 0 bridgehead atoms. The molecule has 0 radical (unpaired) electrons. The molecule has 0 spiro atoms. The Balaban J connectivity index is 3.22. The maximum absolute atomic E-state index is 12.6. The molecule has 24 heavy (non-hydrogen) atoms. The number of benzene rings is 1. The summed E-state index contributed by atoms with van der Waals surface area (Å²) in [7, 11) is -2.64. The number of carboxylic acids is 1. The molecule has 0 amide bonds. The van der Waals surface area contributed by atoms with Gasteiger partial charge in [-0.05, 0) is 31.0 Å². The number of carboxylic acid groups (broad SMARTS) is 1. The smallest absolute Gasteiger partial charge is 0.322 e. The molecule has 136 valence electrons. The van der Waals surface area contributed by atoms with E-state index in [0.29, 0.717) is 0 Å². The largest absolute Gasteiger partial charge is 0.487 e. The van der Waals surface area contributed by atoms with E-state index < -0.39 is 34.1 Å². The summed E-state index contributed by atoms with van der Waals surface area (Å²) in [5, 5.41) is 9.39. The summed E-state index contributed by atoms with van der Waals surface area (Å²) < 4.78 is 38.0. The summed E-state index contributed by atoms with van der Waals surface area (Å²) in [4.78, 5) is 11.0. The second kappa shape index (κ2) is 8.66. The molecule has 0 saturated heterocycles. The number of hydrogen-bond donors (Lipinski definition) is 2. The van der Waals surface area contributed by atoms with Crippen molar-refractivity contribution in [1.82, 2.24) is 4.72 Å². The van der Waals surface area contributed by atoms with E-state index in [4.69, 9.17) is 21.1 Å². The van der Waals surface area contributed by atoms with Gasteiger partial charge in [0.05, 0.1) is 6.61 Å². The van der Waals surface area contributed by atoms with E-state index in [1.54, 1.807) is 20.8 Å². The summed E-state index contributed by atoms with van der Waals surface area (Å²) in [6, 6.07) is 2.87. The molecule has 0 aliphatic carbocycles. The van der Waals surface area contributed by atoms with Crippen LogP contribution >= 0.6 is 11.6 Å². The van der Waals surface area contributed by atoms with Crippen LogP contribution in [-0.4, -0.2) is 45.4 Å². The predicted molar refractivity (Wildman–Crippen MR) is 90.0 cm³/mol. The number of sulfonamides is 1. The molecule has 0 heterocycles. The van der Waals surface area contributed by atoms with Crippen LogP contribution in [0.3, 0.4) is 0 Å². The summed E-state index contributed by atoms with van der Waals surface area (Å²) in [6.07, 6.45) is -0.398. The normalized spacial score (nSPS) is 14.4. The third-order valence-corrected chi connectivity index (χ3v) is 4.84. The third-order valence-electron chi connectivity index (χ3n) is 3.14. The Bertz CT molecular complexity index is 677. The van der Waals surface area contributed by atoms with Crippen LogP contribution in [0.4, 0.5) is 0 Å². The third kappa shape index (κ3) is 5.62. The Hall–Kier alpha value is -1.35. The van der Waals surface area contributed by atoms with Gasteiger partial charge < -0.3 is 14.6 Å². The van der Waals surface area contributed by atoms with Crippen molar-refractivity contribution in [3.8, 4) is 5.75 Å². The van der Waals surface area contributed by atoms with Crippen molar-refractivity contribution in [1.29, 1.82) is 0 Å². The maximum atomic E-state index is 12.6. The van der Waals surface area contributed by atoms with E-state index in [0.717, 1.165) is 0 Å². The number of rotatable bonds is 9. The zero-order chi connectivity index (χ0) is 18.5. The highest BCUT2D eigenvalue weighted by atomic mass is 35.5. The lowest BCUT2D eigenvalue weighted by molar-refractivity contribution is -0.140. The Morgan fingerprint density at radius 3 is 2.46 bits per heavy atom. The zero-order valence-corrected chi connectivity index (χ0v) is 15.5. The molecule has 0 aliphatic heterocycles. The second-order valence-electron chi connectivity index (χ2n) is 5.66. The van der Waals surface area contributed by atoms with Crippen molar-refractivity contribution in [2.45, 2.75) is 37.8 Å². The van der Waals surface area contributed by atoms with Gasteiger partial charge in [-0.1, -0.05) is 25.4 Å². The molecular formula is C15H22ClNO6S. The number of halogens is 1. The summed E-state index contributed by atoms with van der Waals surface area (Å²) in [5.41, 5.74) is 0. The van der Waals surface area contributed by atoms with Gasteiger partial charge in [-0.3, -0.25) is 4.79 Å². The van der Waals surface area contributed by atoms with Crippen LogP contribution in [0.15, 0.2) is 23.1 Å². The van der Waals surface area contributed by atoms with Crippen LogP contribution < -0.4 is 9.46 Å². The highest BCUT2D eigenvalue weighted by molar-refractivity contribution is 7.89. The first-order valence-corrected chi connectivity index (χ1v) is 9.15. The first-order valence-electron chi connectivity index (χ1n) is 7.28. The SMILES string of the molecule is COCC(C)Oc1ccc(Cl)cc1S(=O)(=O)N[C@@H](C(=O)O)C(C)C. The van der Waals surface area contributed by atoms with Gasteiger partial charge in [-0.25, -0.2) is 8.42 Å². The average molecular weight is 380 g/mol. The molecule has 1 rings (SSSR count). The fraction of sp³-hybridized carbons (Fsp3) is 0.533. The van der Waals surface area contributed by atoms with Gasteiger partial charge in [0.25, 0.3) is 0 Å². The lowest BCUT2D eigenvalue weighted by Gasteiger charge is -2.21. The highest BCUT2D eigenvalue weighted by Gasteiger charge is 2.30. The van der Waals surface area contributed by atoms with Gasteiger partial charge in [0, 0.05) is 12.1 Å². The monoisotopic (exact) mass is 379 g/mol. The zero-order valence-electron chi connectivity index (χ0n) is 13.9. The Kier molecular flexibility index (Phi) is 7.47. The van der Waals surface area contributed by atoms with Crippen LogP contribution in [-0.2, 0) is 19.6 Å². The van der Waals surface area contributed by atoms with Crippen molar-refractivity contribution >= 4 is 27.6 Å². The number of methoxy groups -OCH3 is 1. The minimum absolute atomic E-state index is 0.0735. The topological polar surface area (TPSA) is 102 Å². The minimum atomic E-state index is -4.14. The molecule has 1 aromatic carbocycles. The number of aliphatic carboxylic acids is 1. The Labute approximate surface area is 147 Å². The van der Waals surface area contributed by atoms with Crippen molar-refractivity contribution in [2.75, 3.05) is 13.7 Å². The molecule has 7 nitrogen and oxygen atoms in total. The van der Waals surface area contributed by atoms with Gasteiger partial charge in [-0.2, -0.15) is 4.72 Å². The van der Waals surface area contributed by atoms with E-state index in [-0.39, 0.29) is 22.3 Å². The molecule has 9 heteroatoms. The molecule has 0 aliphatic rings.